The molecule has 0 spiro atoms. The zero-order chi connectivity index (χ0) is 10.6. The van der Waals surface area contributed by atoms with E-state index in [0.29, 0.717) is 12.3 Å². The van der Waals surface area contributed by atoms with Gasteiger partial charge in [0, 0.05) is 12.5 Å². The molecule has 0 aromatic carbocycles. The minimum Gasteiger partial charge on any atom is -0.271 e. The van der Waals surface area contributed by atoms with Crippen molar-refractivity contribution in [2.24, 2.45) is 11.8 Å². The van der Waals surface area contributed by atoms with E-state index in [9.17, 15) is 13.2 Å². The molecule has 0 saturated heterocycles. The fraction of sp³-hybridized carbons (Fsp3) is 1.00. The van der Waals surface area contributed by atoms with Crippen LogP contribution in [0.15, 0.2) is 0 Å². The molecule has 2 nitrogen and oxygen atoms in total. The van der Waals surface area contributed by atoms with Gasteiger partial charge in [-0.3, -0.25) is 11.3 Å². The molecule has 1 unspecified atom stereocenters. The lowest BCUT2D eigenvalue weighted by atomic mass is 10.0. The van der Waals surface area contributed by atoms with Crippen molar-refractivity contribution in [1.82, 2.24) is 5.43 Å². The average Bonchev–Trinajstić information content (AvgIpc) is 2.84. The first-order valence-electron chi connectivity index (χ1n) is 5.04. The molecule has 0 amide bonds. The van der Waals surface area contributed by atoms with Gasteiger partial charge in [0.1, 0.15) is 0 Å². The Hall–Kier alpha value is -0.290. The van der Waals surface area contributed by atoms with Gasteiger partial charge in [-0.25, -0.2) is 0 Å². The molecule has 0 radical (unpaired) electrons. The predicted octanol–water partition coefficient (Wildman–Crippen LogP) is 2.35. The van der Waals surface area contributed by atoms with E-state index in [1.807, 2.05) is 0 Å². The molecule has 1 aliphatic carbocycles. The van der Waals surface area contributed by atoms with E-state index in [-0.39, 0.29) is 12.5 Å². The maximum Gasteiger partial charge on any atom is 0.389 e. The van der Waals surface area contributed by atoms with Gasteiger partial charge in [-0.1, -0.05) is 12.8 Å². The van der Waals surface area contributed by atoms with Gasteiger partial charge in [-0.15, -0.1) is 0 Å². The minimum absolute atomic E-state index is 0.0600. The first-order chi connectivity index (χ1) is 6.51. The van der Waals surface area contributed by atoms with E-state index in [1.54, 1.807) is 0 Å². The summed E-state index contributed by atoms with van der Waals surface area (Å²) in [4.78, 5) is 0. The normalized spacial score (nSPS) is 19.7. The highest BCUT2D eigenvalue weighted by molar-refractivity contribution is 4.79. The zero-order valence-electron chi connectivity index (χ0n) is 8.11. The second-order valence-electron chi connectivity index (χ2n) is 4.05. The number of nitrogens with two attached hydrogens (primary N) is 1. The summed E-state index contributed by atoms with van der Waals surface area (Å²) in [7, 11) is 0. The van der Waals surface area contributed by atoms with Crippen LogP contribution in [0.1, 0.15) is 38.5 Å². The summed E-state index contributed by atoms with van der Waals surface area (Å²) in [5, 5.41) is 0. The molecule has 1 saturated carbocycles. The van der Waals surface area contributed by atoms with Crippen molar-refractivity contribution in [3.63, 3.8) is 0 Å². The molecular weight excluding hydrogens is 193 g/mol. The second kappa shape index (κ2) is 4.98. The lowest BCUT2D eigenvalue weighted by Crippen LogP contribution is -2.35. The molecule has 0 aliphatic heterocycles. The van der Waals surface area contributed by atoms with Gasteiger partial charge in [0.25, 0.3) is 0 Å². The van der Waals surface area contributed by atoms with E-state index < -0.39 is 12.6 Å². The van der Waals surface area contributed by atoms with E-state index >= 15 is 0 Å². The highest BCUT2D eigenvalue weighted by Gasteiger charge is 2.28. The number of hydrogen-bond donors (Lipinski definition) is 2. The summed E-state index contributed by atoms with van der Waals surface area (Å²) < 4.78 is 35.5. The van der Waals surface area contributed by atoms with Crippen molar-refractivity contribution in [3.05, 3.63) is 0 Å². The predicted molar refractivity (Wildman–Crippen MR) is 48.4 cm³/mol. The van der Waals surface area contributed by atoms with Crippen molar-refractivity contribution < 1.29 is 13.2 Å². The van der Waals surface area contributed by atoms with Gasteiger partial charge < -0.3 is 0 Å². The largest absolute Gasteiger partial charge is 0.389 e. The molecule has 0 aromatic heterocycles. The standard InChI is InChI=1S/C9H17F3N2/c10-9(11,12)5-1-2-8(14-13)6-7-3-4-7/h7-8,14H,1-6,13H2. The van der Waals surface area contributed by atoms with Crippen LogP contribution in [-0.4, -0.2) is 12.2 Å². The van der Waals surface area contributed by atoms with Crippen LogP contribution in [0.3, 0.4) is 0 Å². The number of rotatable bonds is 6. The summed E-state index contributed by atoms with van der Waals surface area (Å²) in [5.74, 6) is 5.96. The second-order valence-corrected chi connectivity index (χ2v) is 4.05. The van der Waals surface area contributed by atoms with Crippen molar-refractivity contribution >= 4 is 0 Å². The van der Waals surface area contributed by atoms with Gasteiger partial charge in [0.05, 0.1) is 0 Å². The Kier molecular flexibility index (Phi) is 4.19. The van der Waals surface area contributed by atoms with E-state index in [1.165, 1.54) is 12.8 Å². The van der Waals surface area contributed by atoms with Crippen LogP contribution in [0.5, 0.6) is 0 Å². The van der Waals surface area contributed by atoms with Gasteiger partial charge in [0.2, 0.25) is 0 Å². The quantitative estimate of drug-likeness (QED) is 0.521. The lowest BCUT2D eigenvalue weighted by Gasteiger charge is -2.15. The highest BCUT2D eigenvalue weighted by Crippen LogP contribution is 2.34. The Morgan fingerprint density at radius 1 is 1.36 bits per heavy atom. The molecular formula is C9H17F3N2. The summed E-state index contributed by atoms with van der Waals surface area (Å²) in [5.41, 5.74) is 2.59. The number of hydrazine groups is 1. The number of halogens is 3. The minimum atomic E-state index is -4.03. The molecule has 0 aromatic rings. The summed E-state index contributed by atoms with van der Waals surface area (Å²) in [6.45, 7) is 0. The van der Waals surface area contributed by atoms with Crippen LogP contribution in [0.25, 0.3) is 0 Å². The van der Waals surface area contributed by atoms with Crippen molar-refractivity contribution in [2.75, 3.05) is 0 Å². The van der Waals surface area contributed by atoms with Crippen LogP contribution in [0.4, 0.5) is 13.2 Å². The summed E-state index contributed by atoms with van der Waals surface area (Å²) >= 11 is 0. The molecule has 0 heterocycles. The third kappa shape index (κ3) is 5.44. The SMILES string of the molecule is NNC(CCCC(F)(F)F)CC1CC1. The monoisotopic (exact) mass is 210 g/mol. The average molecular weight is 210 g/mol. The molecule has 1 aliphatic rings. The van der Waals surface area contributed by atoms with Crippen molar-refractivity contribution in [3.8, 4) is 0 Å². The van der Waals surface area contributed by atoms with Crippen LogP contribution in [-0.2, 0) is 0 Å². The molecule has 1 atom stereocenters. The summed E-state index contributed by atoms with van der Waals surface area (Å²) in [6, 6.07) is 0.0600. The van der Waals surface area contributed by atoms with Crippen molar-refractivity contribution in [1.29, 1.82) is 0 Å². The topological polar surface area (TPSA) is 38.0 Å². The number of hydrogen-bond acceptors (Lipinski definition) is 2. The number of alkyl halides is 3. The van der Waals surface area contributed by atoms with Gasteiger partial charge in [-0.2, -0.15) is 13.2 Å². The Labute approximate surface area is 82.0 Å². The Balaban J connectivity index is 2.07. The van der Waals surface area contributed by atoms with Crippen LogP contribution in [0, 0.1) is 5.92 Å². The lowest BCUT2D eigenvalue weighted by molar-refractivity contribution is -0.135. The highest BCUT2D eigenvalue weighted by atomic mass is 19.4. The maximum atomic E-state index is 11.8. The Bertz CT molecular complexity index is 166. The smallest absolute Gasteiger partial charge is 0.271 e. The fourth-order valence-corrected chi connectivity index (χ4v) is 1.57. The molecule has 1 fully saturated rings. The summed E-state index contributed by atoms with van der Waals surface area (Å²) in [6.07, 6.45) is -0.699. The van der Waals surface area contributed by atoms with Crippen LogP contribution < -0.4 is 11.3 Å². The first kappa shape index (κ1) is 11.8. The number of nitrogens with one attached hydrogen (secondary N) is 1. The third-order valence-electron chi connectivity index (χ3n) is 2.56. The van der Waals surface area contributed by atoms with E-state index in [4.69, 9.17) is 5.84 Å². The Morgan fingerprint density at radius 2 is 2.00 bits per heavy atom. The zero-order valence-corrected chi connectivity index (χ0v) is 8.11. The molecule has 3 N–H and O–H groups in total. The van der Waals surface area contributed by atoms with Crippen molar-refractivity contribution in [2.45, 2.75) is 50.7 Å². The van der Waals surface area contributed by atoms with E-state index in [2.05, 4.69) is 5.43 Å². The van der Waals surface area contributed by atoms with E-state index in [0.717, 1.165) is 6.42 Å². The van der Waals surface area contributed by atoms with Crippen LogP contribution in [0.2, 0.25) is 0 Å². The molecule has 1 rings (SSSR count). The Morgan fingerprint density at radius 3 is 2.43 bits per heavy atom. The molecule has 84 valence electrons. The van der Waals surface area contributed by atoms with Gasteiger partial charge >= 0.3 is 6.18 Å². The molecule has 5 heteroatoms. The van der Waals surface area contributed by atoms with Crippen LogP contribution >= 0.6 is 0 Å². The molecule has 0 bridgehead atoms. The fourth-order valence-electron chi connectivity index (χ4n) is 1.57. The van der Waals surface area contributed by atoms with Gasteiger partial charge in [0.15, 0.2) is 0 Å². The molecule has 14 heavy (non-hydrogen) atoms. The third-order valence-corrected chi connectivity index (χ3v) is 2.56. The van der Waals surface area contributed by atoms with Gasteiger partial charge in [-0.05, 0) is 25.2 Å². The first-order valence-corrected chi connectivity index (χ1v) is 5.04. The maximum absolute atomic E-state index is 11.8.